The van der Waals surface area contributed by atoms with Crippen LogP contribution in [0.15, 0.2) is 36.8 Å². The molecule has 0 atom stereocenters. The quantitative estimate of drug-likeness (QED) is 0.0202. The third-order valence-corrected chi connectivity index (χ3v) is 14.1. The molecule has 12 heteroatoms. The molecule has 0 aromatic rings. The minimum absolute atomic E-state index is 0.605. The number of unbranched alkanes of at least 4 members (excludes halogenated alkanes) is 14. The second-order valence-corrected chi connectivity index (χ2v) is 17.4. The van der Waals surface area contributed by atoms with Crippen LogP contribution in [0, 0.1) is 0 Å². The molecule has 0 rings (SSSR count). The van der Waals surface area contributed by atoms with Gasteiger partial charge in [0, 0.05) is 63.9 Å². The van der Waals surface area contributed by atoms with E-state index in [9.17, 15) is 9.59 Å². The van der Waals surface area contributed by atoms with Gasteiger partial charge in [0.1, 0.15) is 0 Å². The van der Waals surface area contributed by atoms with Crippen molar-refractivity contribution in [1.82, 2.24) is 0 Å². The second kappa shape index (κ2) is 34.4. The van der Waals surface area contributed by atoms with E-state index >= 15 is 0 Å². The minimum atomic E-state index is -2.51. The fraction of sp³-hybridized carbons (Fsp3) is 0.789. The molecule has 0 N–H and O–H groups in total. The predicted molar refractivity (Wildman–Crippen MR) is 204 cm³/mol. The summed E-state index contributed by atoms with van der Waals surface area (Å²) in [6.45, 7) is 15.7. The number of carbonyl (C=O) groups is 2. The molecule has 10 nitrogen and oxygen atoms in total. The molecular weight excluding hydrogens is 673 g/mol. The van der Waals surface area contributed by atoms with E-state index in [1.165, 1.54) is 51.0 Å². The first-order chi connectivity index (χ1) is 24.4. The van der Waals surface area contributed by atoms with E-state index in [1.807, 2.05) is 53.7 Å². The highest BCUT2D eigenvalue weighted by Crippen LogP contribution is 2.22. The summed E-state index contributed by atoms with van der Waals surface area (Å²) in [5.74, 6) is -1.21. The minimum Gasteiger partial charge on any atom is -0.432 e. The van der Waals surface area contributed by atoms with Gasteiger partial charge < -0.3 is 36.0 Å². The van der Waals surface area contributed by atoms with E-state index in [1.54, 1.807) is 0 Å². The van der Waals surface area contributed by atoms with Crippen LogP contribution in [0.5, 0.6) is 0 Å². The molecule has 0 aromatic carbocycles. The van der Waals surface area contributed by atoms with Crippen molar-refractivity contribution >= 4 is 29.5 Å². The van der Waals surface area contributed by atoms with Crippen molar-refractivity contribution in [2.24, 2.45) is 0 Å². The molecule has 50 heavy (non-hydrogen) atoms. The molecule has 0 saturated carbocycles. The highest BCUT2D eigenvalue weighted by Gasteiger charge is 2.40. The number of ether oxygens (including phenoxy) is 2. The van der Waals surface area contributed by atoms with Crippen LogP contribution in [-0.2, 0) is 45.6 Å². The summed E-state index contributed by atoms with van der Waals surface area (Å²) in [4.78, 5) is 23.7. The van der Waals surface area contributed by atoms with Crippen molar-refractivity contribution in [3.8, 4) is 0 Å². The predicted octanol–water partition coefficient (Wildman–Crippen LogP) is 9.99. The lowest BCUT2D eigenvalue weighted by Gasteiger charge is -2.28. The number of hydrogen-bond donors (Lipinski definition) is 0. The topological polar surface area (TPSA) is 108 Å². The smallest absolute Gasteiger partial charge is 0.432 e. The molecule has 0 radical (unpaired) electrons. The summed E-state index contributed by atoms with van der Waals surface area (Å²) in [6, 6.07) is 1.76. The molecule has 0 bridgehead atoms. The fourth-order valence-electron chi connectivity index (χ4n) is 5.56. The molecule has 0 aromatic heterocycles. The molecule has 0 saturated heterocycles. The number of esters is 2. The Bertz CT molecular complexity index is 793. The SMILES string of the molecule is CCO[Si](CCCCCCCCCC=COC(=O)C=CC(=O)OC=CCCCCCCCCC[Si](OCC)(OCC)OCC)(OCC)OCC. The number of allylic oxidation sites excluding steroid dienone is 2. The Morgan fingerprint density at radius 2 is 0.660 bits per heavy atom. The van der Waals surface area contributed by atoms with Gasteiger partial charge in [-0.1, -0.05) is 64.2 Å². The van der Waals surface area contributed by atoms with E-state index in [4.69, 9.17) is 36.0 Å². The van der Waals surface area contributed by atoms with Crippen LogP contribution < -0.4 is 0 Å². The normalized spacial score (nSPS) is 12.5. The van der Waals surface area contributed by atoms with Gasteiger partial charge >= 0.3 is 29.5 Å². The molecule has 0 spiro atoms. The van der Waals surface area contributed by atoms with E-state index in [2.05, 4.69) is 0 Å². The third kappa shape index (κ3) is 27.1. The molecule has 0 aliphatic carbocycles. The van der Waals surface area contributed by atoms with Gasteiger partial charge in [0.15, 0.2) is 0 Å². The summed E-state index contributed by atoms with van der Waals surface area (Å²) < 4.78 is 45.6. The Kier molecular flexibility index (Phi) is 33.3. The van der Waals surface area contributed by atoms with E-state index < -0.39 is 29.5 Å². The molecule has 0 aliphatic heterocycles. The van der Waals surface area contributed by atoms with Gasteiger partial charge in [-0.2, -0.15) is 0 Å². The number of carbonyl (C=O) groups excluding carboxylic acids is 2. The standard InChI is InChI=1S/C38H72O10Si2/c1-7-43-49(44-8-2,45-9-3)35-29-25-21-17-13-15-19-23-27-33-41-37(39)31-32-38(40)42-34-28-24-20-16-14-18-22-26-30-36-50(46-10-4,47-11-5)48-12-6/h27-28,31-34H,7-26,29-30,35-36H2,1-6H3. The van der Waals surface area contributed by atoms with Crippen LogP contribution in [0.3, 0.4) is 0 Å². The van der Waals surface area contributed by atoms with Gasteiger partial charge in [0.2, 0.25) is 0 Å². The van der Waals surface area contributed by atoms with Gasteiger partial charge in [-0.25, -0.2) is 9.59 Å². The zero-order valence-electron chi connectivity index (χ0n) is 32.5. The maximum absolute atomic E-state index is 11.8. The Balaban J connectivity index is 3.83. The van der Waals surface area contributed by atoms with Crippen molar-refractivity contribution in [2.45, 2.75) is 156 Å². The first kappa shape index (κ1) is 48.4. The maximum atomic E-state index is 11.8. The van der Waals surface area contributed by atoms with Crippen molar-refractivity contribution in [3.05, 3.63) is 36.8 Å². The summed E-state index contributed by atoms with van der Waals surface area (Å²) in [6.07, 6.45) is 26.2. The molecule has 0 unspecified atom stereocenters. The Labute approximate surface area is 307 Å². The Morgan fingerprint density at radius 3 is 0.940 bits per heavy atom. The van der Waals surface area contributed by atoms with Crippen molar-refractivity contribution in [1.29, 1.82) is 0 Å². The lowest BCUT2D eigenvalue weighted by Crippen LogP contribution is -2.45. The van der Waals surface area contributed by atoms with Gasteiger partial charge in [0.25, 0.3) is 0 Å². The summed E-state index contributed by atoms with van der Waals surface area (Å²) in [5.41, 5.74) is 0. The summed E-state index contributed by atoms with van der Waals surface area (Å²) in [5, 5.41) is 0. The first-order valence-corrected chi connectivity index (χ1v) is 23.5. The highest BCUT2D eigenvalue weighted by atomic mass is 28.4. The van der Waals surface area contributed by atoms with Crippen LogP contribution in [0.25, 0.3) is 0 Å². The van der Waals surface area contributed by atoms with Gasteiger partial charge in [0.05, 0.1) is 12.5 Å². The Hall–Kier alpha value is -1.65. The zero-order valence-corrected chi connectivity index (χ0v) is 34.5. The van der Waals surface area contributed by atoms with Crippen LogP contribution in [0.1, 0.15) is 144 Å². The lowest BCUT2D eigenvalue weighted by atomic mass is 10.1. The largest absolute Gasteiger partial charge is 0.500 e. The van der Waals surface area contributed by atoms with Crippen molar-refractivity contribution in [2.75, 3.05) is 39.6 Å². The fourth-order valence-corrected chi connectivity index (χ4v) is 10.9. The average molecular weight is 745 g/mol. The third-order valence-electron chi connectivity index (χ3n) is 7.81. The molecule has 0 aliphatic rings. The molecular formula is C38H72O10Si2. The van der Waals surface area contributed by atoms with E-state index in [0.29, 0.717) is 39.6 Å². The number of hydrogen-bond acceptors (Lipinski definition) is 10. The second-order valence-electron chi connectivity index (χ2n) is 11.9. The Morgan fingerprint density at radius 1 is 0.400 bits per heavy atom. The molecule has 0 amide bonds. The van der Waals surface area contributed by atoms with Crippen LogP contribution in [0.2, 0.25) is 12.1 Å². The molecule has 0 fully saturated rings. The zero-order chi connectivity index (χ0) is 37.0. The van der Waals surface area contributed by atoms with Crippen LogP contribution in [0.4, 0.5) is 0 Å². The van der Waals surface area contributed by atoms with E-state index in [-0.39, 0.29) is 0 Å². The maximum Gasteiger partial charge on any atom is 0.500 e. The number of rotatable bonds is 36. The van der Waals surface area contributed by atoms with Crippen molar-refractivity contribution in [3.63, 3.8) is 0 Å². The first-order valence-electron chi connectivity index (χ1n) is 19.6. The van der Waals surface area contributed by atoms with Gasteiger partial charge in [-0.3, -0.25) is 0 Å². The lowest BCUT2D eigenvalue weighted by molar-refractivity contribution is -0.135. The van der Waals surface area contributed by atoms with Crippen LogP contribution in [-0.4, -0.2) is 69.2 Å². The summed E-state index contributed by atoms with van der Waals surface area (Å²) in [7, 11) is -5.02. The highest BCUT2D eigenvalue weighted by molar-refractivity contribution is 6.61. The average Bonchev–Trinajstić information content (AvgIpc) is 3.09. The van der Waals surface area contributed by atoms with Crippen LogP contribution >= 0.6 is 0 Å². The van der Waals surface area contributed by atoms with Crippen molar-refractivity contribution < 1.29 is 45.6 Å². The monoisotopic (exact) mass is 744 g/mol. The van der Waals surface area contributed by atoms with E-state index in [0.717, 1.165) is 88.4 Å². The van der Waals surface area contributed by atoms with Gasteiger partial charge in [-0.15, -0.1) is 0 Å². The molecule has 0 heterocycles. The summed E-state index contributed by atoms with van der Waals surface area (Å²) >= 11 is 0. The molecule has 292 valence electrons. The van der Waals surface area contributed by atoms with Gasteiger partial charge in [-0.05, 0) is 92.2 Å².